The van der Waals surface area contributed by atoms with E-state index in [2.05, 4.69) is 10.3 Å². The van der Waals surface area contributed by atoms with Crippen LogP contribution in [0.2, 0.25) is 0 Å². The number of nitrogens with zero attached hydrogens (tertiary/aromatic N) is 1. The number of hydrogen-bond donors (Lipinski definition) is 2. The van der Waals surface area contributed by atoms with E-state index in [0.717, 1.165) is 42.9 Å². The van der Waals surface area contributed by atoms with Crippen molar-refractivity contribution in [2.45, 2.75) is 38.2 Å². The van der Waals surface area contributed by atoms with E-state index in [4.69, 9.17) is 9.29 Å². The van der Waals surface area contributed by atoms with Gasteiger partial charge in [0.2, 0.25) is 5.91 Å². The first-order valence-electron chi connectivity index (χ1n) is 9.20. The summed E-state index contributed by atoms with van der Waals surface area (Å²) in [5.74, 6) is 0.863. The van der Waals surface area contributed by atoms with Crippen LogP contribution in [0, 0.1) is 11.8 Å². The Morgan fingerprint density at radius 2 is 2.00 bits per heavy atom. The molecule has 0 spiro atoms. The minimum absolute atomic E-state index is 0.0212. The van der Waals surface area contributed by atoms with Gasteiger partial charge in [-0.2, -0.15) is 8.42 Å². The quantitative estimate of drug-likeness (QED) is 0.735. The number of benzene rings is 1. The third-order valence-corrected chi connectivity index (χ3v) is 6.04. The van der Waals surface area contributed by atoms with E-state index in [-0.39, 0.29) is 29.6 Å². The zero-order chi connectivity index (χ0) is 19.0. The minimum atomic E-state index is -4.01. The van der Waals surface area contributed by atoms with E-state index in [1.165, 1.54) is 0 Å². The molecule has 2 aliphatic rings. The second-order valence-corrected chi connectivity index (χ2v) is 8.94. The fourth-order valence-electron chi connectivity index (χ4n) is 3.63. The van der Waals surface area contributed by atoms with Gasteiger partial charge in [0.1, 0.15) is 17.7 Å². The molecule has 7 nitrogen and oxygen atoms in total. The number of nitrogens with one attached hydrogen (secondary N) is 1. The molecule has 144 valence electrons. The van der Waals surface area contributed by atoms with E-state index < -0.39 is 10.1 Å². The first kappa shape index (κ1) is 18.2. The summed E-state index contributed by atoms with van der Waals surface area (Å²) in [6, 6.07) is 7.41. The van der Waals surface area contributed by atoms with Crippen molar-refractivity contribution in [2.75, 3.05) is 11.1 Å². The maximum absolute atomic E-state index is 11.9. The Balaban J connectivity index is 1.47. The largest absolute Gasteiger partial charge is 0.490 e. The molecule has 2 saturated carbocycles. The first-order chi connectivity index (χ1) is 12.9. The van der Waals surface area contributed by atoms with Gasteiger partial charge in [-0.3, -0.25) is 9.35 Å². The molecular weight excluding hydrogens is 368 g/mol. The van der Waals surface area contributed by atoms with Gasteiger partial charge >= 0.3 is 0 Å². The van der Waals surface area contributed by atoms with E-state index in [1.54, 1.807) is 6.20 Å². The van der Waals surface area contributed by atoms with Gasteiger partial charge in [0.25, 0.3) is 10.1 Å². The molecule has 1 heterocycles. The number of carbonyl (C=O) groups excluding carboxylic acids is 1. The van der Waals surface area contributed by atoms with Crippen molar-refractivity contribution < 1.29 is 22.5 Å². The molecule has 4 rings (SSSR count). The summed E-state index contributed by atoms with van der Waals surface area (Å²) in [6.07, 6.45) is 5.72. The topological polar surface area (TPSA) is 106 Å². The number of pyridine rings is 1. The Morgan fingerprint density at radius 1 is 1.19 bits per heavy atom. The zero-order valence-electron chi connectivity index (χ0n) is 14.8. The molecule has 1 aromatic heterocycles. The summed E-state index contributed by atoms with van der Waals surface area (Å²) in [5, 5.41) is 4.65. The van der Waals surface area contributed by atoms with Gasteiger partial charge in [0.05, 0.1) is 5.75 Å². The van der Waals surface area contributed by atoms with Gasteiger partial charge in [0, 0.05) is 23.4 Å². The van der Waals surface area contributed by atoms with Gasteiger partial charge < -0.3 is 10.1 Å². The Hall–Kier alpha value is -2.19. The van der Waals surface area contributed by atoms with Crippen LogP contribution in [0.3, 0.4) is 0 Å². The van der Waals surface area contributed by atoms with Gasteiger partial charge in [0.15, 0.2) is 0 Å². The number of amides is 1. The van der Waals surface area contributed by atoms with E-state index in [9.17, 15) is 13.2 Å². The fraction of sp³-hybridized carbons (Fsp3) is 0.474. The molecule has 0 bridgehead atoms. The van der Waals surface area contributed by atoms with Gasteiger partial charge in [-0.05, 0) is 55.7 Å². The summed E-state index contributed by atoms with van der Waals surface area (Å²) in [7, 11) is -4.01. The lowest BCUT2D eigenvalue weighted by atomic mass is 10.1. The summed E-state index contributed by atoms with van der Waals surface area (Å²) < 4.78 is 37.5. The van der Waals surface area contributed by atoms with Gasteiger partial charge in [-0.25, -0.2) is 4.98 Å². The lowest BCUT2D eigenvalue weighted by Crippen LogP contribution is -2.27. The lowest BCUT2D eigenvalue weighted by Gasteiger charge is -2.20. The number of fused-ring (bicyclic) bond motifs is 1. The van der Waals surface area contributed by atoms with Crippen molar-refractivity contribution in [1.82, 2.24) is 4.98 Å². The normalized spacial score (nSPS) is 22.7. The van der Waals surface area contributed by atoms with Crippen molar-refractivity contribution >= 4 is 32.6 Å². The van der Waals surface area contributed by atoms with Crippen LogP contribution in [0.4, 0.5) is 5.82 Å². The van der Waals surface area contributed by atoms with Gasteiger partial charge in [-0.1, -0.05) is 6.07 Å². The SMILES string of the molecule is O=C(Nc1cc2ccc(O[C@@H]3CCC[C@H]3CS(=O)(=O)O)cc2cn1)C1CC1. The molecule has 8 heteroatoms. The van der Waals surface area contributed by atoms with E-state index >= 15 is 0 Å². The smallest absolute Gasteiger partial charge is 0.265 e. The van der Waals surface area contributed by atoms with Crippen molar-refractivity contribution in [3.63, 3.8) is 0 Å². The van der Waals surface area contributed by atoms with Crippen molar-refractivity contribution in [2.24, 2.45) is 11.8 Å². The van der Waals surface area contributed by atoms with Crippen LogP contribution in [-0.2, 0) is 14.9 Å². The minimum Gasteiger partial charge on any atom is -0.490 e. The summed E-state index contributed by atoms with van der Waals surface area (Å²) in [4.78, 5) is 16.1. The molecular formula is C19H22N2O5S. The molecule has 2 aliphatic carbocycles. The van der Waals surface area contributed by atoms with Crippen LogP contribution in [0.5, 0.6) is 5.75 Å². The Labute approximate surface area is 157 Å². The molecule has 1 aromatic carbocycles. The summed E-state index contributed by atoms with van der Waals surface area (Å²) in [6.45, 7) is 0. The number of hydrogen-bond acceptors (Lipinski definition) is 5. The molecule has 0 radical (unpaired) electrons. The molecule has 2 aromatic rings. The molecule has 1 amide bonds. The molecule has 2 N–H and O–H groups in total. The molecule has 0 saturated heterocycles. The highest BCUT2D eigenvalue weighted by Gasteiger charge is 2.32. The number of carbonyl (C=O) groups is 1. The molecule has 2 atom stereocenters. The maximum atomic E-state index is 11.9. The zero-order valence-corrected chi connectivity index (χ0v) is 15.6. The maximum Gasteiger partial charge on any atom is 0.265 e. The predicted octanol–water partition coefficient (Wildman–Crippen LogP) is 3.02. The van der Waals surface area contributed by atoms with Gasteiger partial charge in [-0.15, -0.1) is 0 Å². The van der Waals surface area contributed by atoms with Crippen LogP contribution in [0.1, 0.15) is 32.1 Å². The second kappa shape index (κ2) is 7.09. The molecule has 0 unspecified atom stereocenters. The fourth-order valence-corrected chi connectivity index (χ4v) is 4.55. The van der Waals surface area contributed by atoms with Crippen LogP contribution in [-0.4, -0.2) is 35.7 Å². The monoisotopic (exact) mass is 390 g/mol. The van der Waals surface area contributed by atoms with Crippen LogP contribution in [0.25, 0.3) is 10.8 Å². The highest BCUT2D eigenvalue weighted by atomic mass is 32.2. The van der Waals surface area contributed by atoms with Crippen LogP contribution >= 0.6 is 0 Å². The third-order valence-electron chi connectivity index (χ3n) is 5.19. The van der Waals surface area contributed by atoms with Crippen molar-refractivity contribution in [3.05, 3.63) is 30.5 Å². The molecule has 0 aliphatic heterocycles. The number of aromatic nitrogens is 1. The average Bonchev–Trinajstić information content (AvgIpc) is 3.37. The van der Waals surface area contributed by atoms with E-state index in [0.29, 0.717) is 11.6 Å². The predicted molar refractivity (Wildman–Crippen MR) is 101 cm³/mol. The number of ether oxygens (including phenoxy) is 1. The average molecular weight is 390 g/mol. The van der Waals surface area contributed by atoms with Crippen LogP contribution in [0.15, 0.2) is 30.5 Å². The summed E-state index contributed by atoms with van der Waals surface area (Å²) in [5.41, 5.74) is 0. The first-order valence-corrected chi connectivity index (χ1v) is 10.8. The standard InChI is InChI=1S/C19H22N2O5S/c22-19(12-4-5-12)21-18-9-13-6-7-16(8-15(13)10-20-18)26-17-3-1-2-14(17)11-27(23,24)25/h6-10,12,14,17H,1-5,11H2,(H,20,21,22)(H,23,24,25)/t14-,17+/m0/s1. The highest BCUT2D eigenvalue weighted by molar-refractivity contribution is 7.85. The third kappa shape index (κ3) is 4.56. The Morgan fingerprint density at radius 3 is 2.74 bits per heavy atom. The Kier molecular flexibility index (Phi) is 4.77. The van der Waals surface area contributed by atoms with Crippen molar-refractivity contribution in [3.8, 4) is 5.75 Å². The molecule has 2 fully saturated rings. The number of rotatable bonds is 6. The molecule has 27 heavy (non-hydrogen) atoms. The highest BCUT2D eigenvalue weighted by Crippen LogP contribution is 2.33. The van der Waals surface area contributed by atoms with E-state index in [1.807, 2.05) is 24.3 Å². The van der Waals surface area contributed by atoms with Crippen molar-refractivity contribution in [1.29, 1.82) is 0 Å². The Bertz CT molecular complexity index is 971. The number of anilines is 1. The van der Waals surface area contributed by atoms with Crippen LogP contribution < -0.4 is 10.1 Å². The summed E-state index contributed by atoms with van der Waals surface area (Å²) >= 11 is 0. The lowest BCUT2D eigenvalue weighted by molar-refractivity contribution is -0.117. The second-order valence-electron chi connectivity index (χ2n) is 7.44.